The van der Waals surface area contributed by atoms with Gasteiger partial charge in [0.1, 0.15) is 22.3 Å². The maximum absolute atomic E-state index is 6.53. The van der Waals surface area contributed by atoms with Gasteiger partial charge in [-0.05, 0) is 95.2 Å². The van der Waals surface area contributed by atoms with Crippen molar-refractivity contribution in [2.24, 2.45) is 0 Å². The fraction of sp³-hybridized carbons (Fsp3) is 0.0943. The second-order valence-corrected chi connectivity index (χ2v) is 18.4. The second kappa shape index (κ2) is 11.7. The molecule has 4 aromatic heterocycles. The van der Waals surface area contributed by atoms with Crippen LogP contribution in [0.25, 0.3) is 103 Å². The molecule has 4 nitrogen and oxygen atoms in total. The van der Waals surface area contributed by atoms with Crippen LogP contribution in [0.4, 0.5) is 11.4 Å². The van der Waals surface area contributed by atoms with Gasteiger partial charge in [0.15, 0.2) is 7.28 Å². The van der Waals surface area contributed by atoms with Crippen molar-refractivity contribution in [3.05, 3.63) is 151 Å². The van der Waals surface area contributed by atoms with Gasteiger partial charge in [-0.25, -0.2) is 0 Å². The number of anilines is 2. The molecule has 1 aliphatic rings. The minimum absolute atomic E-state index is 0.0636. The van der Waals surface area contributed by atoms with Gasteiger partial charge in [-0.2, -0.15) is 0 Å². The average Bonchev–Trinajstić information content (AvgIpc) is 3.99. The van der Waals surface area contributed by atoms with Crippen LogP contribution in [0, 0.1) is 6.92 Å². The Labute approximate surface area is 344 Å². The first-order valence-electron chi connectivity index (χ1n) is 20.3. The number of aromatic nitrogens is 1. The van der Waals surface area contributed by atoms with Gasteiger partial charge in [0.2, 0.25) is 0 Å². The molecule has 0 bridgehead atoms. The summed E-state index contributed by atoms with van der Waals surface area (Å²) < 4.78 is 18.2. The highest BCUT2D eigenvalue weighted by atomic mass is 32.1. The van der Waals surface area contributed by atoms with Gasteiger partial charge in [-0.3, -0.25) is 0 Å². The van der Waals surface area contributed by atoms with Crippen LogP contribution in [0.3, 0.4) is 0 Å². The van der Waals surface area contributed by atoms with E-state index in [0.29, 0.717) is 0 Å². The van der Waals surface area contributed by atoms with Crippen LogP contribution in [-0.2, 0) is 5.41 Å². The molecule has 279 valence electrons. The van der Waals surface area contributed by atoms with Crippen LogP contribution >= 0.6 is 11.3 Å². The Morgan fingerprint density at radius 1 is 0.576 bits per heavy atom. The molecule has 0 unspecified atom stereocenters. The lowest BCUT2D eigenvalue weighted by Gasteiger charge is -2.25. The molecule has 12 aromatic rings. The van der Waals surface area contributed by atoms with E-state index in [-0.39, 0.29) is 5.41 Å². The van der Waals surface area contributed by atoms with Crippen LogP contribution in [0.1, 0.15) is 31.9 Å². The summed E-state index contributed by atoms with van der Waals surface area (Å²) in [6.45, 7) is 9.04. The third-order valence-electron chi connectivity index (χ3n) is 12.7. The quantitative estimate of drug-likeness (QED) is 0.182. The standard InChI is InChI=1S/C53H36BN2O2S/c1-28-21-38(34-22-35-31-11-5-8-14-44(31)58-47(35)27-41(34)55-30-19-17-29(18-20-30)53(2,3)4)51-52-50(28)39-25-46-36(32-12-6-9-15-45(32)57-46)23-42(39)56(52)43-24-37-33-13-7-10-16-48(33)59-49(37)26-40(43)54-51/h5-27,55H,1-4H3. The van der Waals surface area contributed by atoms with Crippen molar-refractivity contribution < 1.29 is 8.83 Å². The number of benzene rings is 8. The average molecular weight is 776 g/mol. The predicted octanol–water partition coefficient (Wildman–Crippen LogP) is 13.9. The van der Waals surface area contributed by atoms with E-state index in [2.05, 4.69) is 172 Å². The van der Waals surface area contributed by atoms with E-state index < -0.39 is 0 Å². The number of rotatable bonds is 3. The van der Waals surface area contributed by atoms with E-state index in [4.69, 9.17) is 8.83 Å². The molecule has 0 amide bonds. The lowest BCUT2D eigenvalue weighted by atomic mass is 9.58. The minimum atomic E-state index is 0.0636. The third kappa shape index (κ3) is 4.72. The largest absolute Gasteiger partial charge is 0.456 e. The minimum Gasteiger partial charge on any atom is -0.456 e. The molecule has 59 heavy (non-hydrogen) atoms. The number of furan rings is 2. The highest BCUT2D eigenvalue weighted by Crippen LogP contribution is 2.45. The highest BCUT2D eigenvalue weighted by Gasteiger charge is 2.30. The van der Waals surface area contributed by atoms with Crippen LogP contribution in [0.2, 0.25) is 0 Å². The summed E-state index contributed by atoms with van der Waals surface area (Å²) in [5.41, 5.74) is 16.5. The topological polar surface area (TPSA) is 43.2 Å². The Morgan fingerprint density at radius 3 is 2.00 bits per heavy atom. The molecule has 0 fully saturated rings. The maximum Gasteiger partial charge on any atom is 0.197 e. The van der Waals surface area contributed by atoms with E-state index in [1.54, 1.807) is 0 Å². The van der Waals surface area contributed by atoms with Gasteiger partial charge >= 0.3 is 0 Å². The van der Waals surface area contributed by atoms with Crippen molar-refractivity contribution in [1.29, 1.82) is 0 Å². The first-order valence-corrected chi connectivity index (χ1v) is 21.1. The van der Waals surface area contributed by atoms with Crippen molar-refractivity contribution in [2.75, 3.05) is 5.32 Å². The molecule has 13 rings (SSSR count). The summed E-state index contributed by atoms with van der Waals surface area (Å²) in [6, 6.07) is 50.8. The van der Waals surface area contributed by atoms with Gasteiger partial charge in [0, 0.05) is 81.0 Å². The van der Waals surface area contributed by atoms with Crippen molar-refractivity contribution in [3.63, 3.8) is 0 Å². The Hall–Kier alpha value is -6.76. The fourth-order valence-corrected chi connectivity index (χ4v) is 11.0. The summed E-state index contributed by atoms with van der Waals surface area (Å²) in [6.07, 6.45) is 0. The van der Waals surface area contributed by atoms with Gasteiger partial charge in [-0.15, -0.1) is 11.3 Å². The Bertz CT molecular complexity index is 3780. The van der Waals surface area contributed by atoms with Crippen LogP contribution in [0.5, 0.6) is 0 Å². The Morgan fingerprint density at radius 2 is 1.25 bits per heavy atom. The molecule has 0 aliphatic carbocycles. The zero-order valence-corrected chi connectivity index (χ0v) is 33.8. The van der Waals surface area contributed by atoms with E-state index in [0.717, 1.165) is 60.8 Å². The summed E-state index contributed by atoms with van der Waals surface area (Å²) >= 11 is 1.87. The summed E-state index contributed by atoms with van der Waals surface area (Å²) in [7, 11) is 2.44. The highest BCUT2D eigenvalue weighted by molar-refractivity contribution is 7.26. The third-order valence-corrected chi connectivity index (χ3v) is 13.8. The van der Waals surface area contributed by atoms with Crippen molar-refractivity contribution in [3.8, 4) is 16.8 Å². The molecular formula is C53H36BN2O2S. The zero-order chi connectivity index (χ0) is 39.3. The van der Waals surface area contributed by atoms with E-state index in [9.17, 15) is 0 Å². The molecule has 0 saturated carbocycles. The number of nitrogens with one attached hydrogen (secondary N) is 1. The van der Waals surface area contributed by atoms with Crippen LogP contribution in [-0.4, -0.2) is 11.8 Å². The number of hydrogen-bond donors (Lipinski definition) is 1. The van der Waals surface area contributed by atoms with E-state index in [1.807, 2.05) is 23.5 Å². The predicted molar refractivity (Wildman–Crippen MR) is 252 cm³/mol. The SMILES string of the molecule is Cc1cc(-c2cc3c(cc2Nc2ccc(C(C)(C)C)cc2)oc2ccccc23)c2c3c1c1cc4oc5ccccc5c4cc1n3-c1cc3c(cc1[B]2)sc1ccccc13. The van der Waals surface area contributed by atoms with Crippen molar-refractivity contribution in [1.82, 2.24) is 4.57 Å². The monoisotopic (exact) mass is 775 g/mol. The van der Waals surface area contributed by atoms with E-state index in [1.165, 1.54) is 75.3 Å². The smallest absolute Gasteiger partial charge is 0.197 e. The molecular weight excluding hydrogens is 739 g/mol. The maximum atomic E-state index is 6.53. The Balaban J connectivity index is 1.13. The molecule has 0 atom stereocenters. The van der Waals surface area contributed by atoms with Crippen LogP contribution < -0.4 is 16.2 Å². The normalized spacial score (nSPS) is 12.9. The van der Waals surface area contributed by atoms with E-state index >= 15 is 0 Å². The molecule has 0 saturated heterocycles. The van der Waals surface area contributed by atoms with Crippen LogP contribution in [0.15, 0.2) is 148 Å². The fourth-order valence-electron chi connectivity index (χ4n) is 9.82. The number of para-hydroxylation sites is 2. The summed E-state index contributed by atoms with van der Waals surface area (Å²) in [5.74, 6) is 0. The summed E-state index contributed by atoms with van der Waals surface area (Å²) in [4.78, 5) is 0. The van der Waals surface area contributed by atoms with Gasteiger partial charge in [-0.1, -0.05) is 99.0 Å². The zero-order valence-electron chi connectivity index (χ0n) is 33.0. The molecule has 6 heteroatoms. The molecule has 1 aliphatic heterocycles. The second-order valence-electron chi connectivity index (χ2n) is 17.3. The Kier molecular flexibility index (Phi) is 6.58. The van der Waals surface area contributed by atoms with Crippen molar-refractivity contribution >= 4 is 127 Å². The summed E-state index contributed by atoms with van der Waals surface area (Å²) in [5, 5.41) is 13.4. The van der Waals surface area contributed by atoms with Gasteiger partial charge < -0.3 is 18.7 Å². The molecule has 5 heterocycles. The van der Waals surface area contributed by atoms with Gasteiger partial charge in [0.05, 0.1) is 11.2 Å². The first-order chi connectivity index (χ1) is 28.7. The number of hydrogen-bond acceptors (Lipinski definition) is 4. The molecule has 1 N–H and O–H groups in total. The lowest BCUT2D eigenvalue weighted by molar-refractivity contribution is 0.590. The lowest BCUT2D eigenvalue weighted by Crippen LogP contribution is -2.37. The van der Waals surface area contributed by atoms with Crippen molar-refractivity contribution in [2.45, 2.75) is 33.1 Å². The number of thiophene rings is 1. The molecule has 8 aromatic carbocycles. The van der Waals surface area contributed by atoms with Gasteiger partial charge in [0.25, 0.3) is 0 Å². The molecule has 1 radical (unpaired) electrons. The first kappa shape index (κ1) is 33.2. The number of aryl methyl sites for hydroxylation is 1. The molecule has 0 spiro atoms. The number of fused-ring (bicyclic) bond motifs is 14. The number of nitrogens with zero attached hydrogens (tertiary/aromatic N) is 1.